The lowest BCUT2D eigenvalue weighted by Crippen LogP contribution is -2.28. The van der Waals surface area contributed by atoms with E-state index in [1.54, 1.807) is 0 Å². The Hall–Kier alpha value is -1.05. The van der Waals surface area contributed by atoms with Gasteiger partial charge in [0.2, 0.25) is 0 Å². The zero-order chi connectivity index (χ0) is 13.3. The molecule has 2 heteroatoms. The molecular formula is C16H26N2. The Morgan fingerprint density at radius 1 is 1.28 bits per heavy atom. The summed E-state index contributed by atoms with van der Waals surface area (Å²) >= 11 is 0. The summed E-state index contributed by atoms with van der Waals surface area (Å²) in [5.74, 6) is 2.71. The molecule has 2 rings (SSSR count). The molecule has 0 amide bonds. The predicted octanol–water partition coefficient (Wildman–Crippen LogP) is 3.90. The summed E-state index contributed by atoms with van der Waals surface area (Å²) in [5.41, 5.74) is 1.62. The molecule has 1 aromatic heterocycles. The van der Waals surface area contributed by atoms with Crippen LogP contribution in [-0.2, 0) is 0 Å². The highest BCUT2D eigenvalue weighted by molar-refractivity contribution is 5.41. The van der Waals surface area contributed by atoms with Gasteiger partial charge < -0.3 is 4.90 Å². The van der Waals surface area contributed by atoms with Crippen molar-refractivity contribution in [2.75, 3.05) is 18.0 Å². The van der Waals surface area contributed by atoms with Crippen molar-refractivity contribution in [3.8, 4) is 0 Å². The van der Waals surface area contributed by atoms with Crippen molar-refractivity contribution in [3.63, 3.8) is 0 Å². The third-order valence-electron chi connectivity index (χ3n) is 4.30. The molecule has 2 heterocycles. The van der Waals surface area contributed by atoms with Crippen molar-refractivity contribution in [1.82, 2.24) is 4.98 Å². The van der Waals surface area contributed by atoms with Crippen molar-refractivity contribution >= 4 is 5.82 Å². The lowest BCUT2D eigenvalue weighted by atomic mass is 9.74. The molecule has 1 aromatic rings. The minimum absolute atomic E-state index is 0.389. The maximum Gasteiger partial charge on any atom is 0.128 e. The summed E-state index contributed by atoms with van der Waals surface area (Å²) in [5, 5.41) is 0. The lowest BCUT2D eigenvalue weighted by Gasteiger charge is -2.30. The minimum Gasteiger partial charge on any atom is -0.356 e. The fraction of sp³-hybridized carbons (Fsp3) is 0.688. The van der Waals surface area contributed by atoms with Crippen LogP contribution in [0.1, 0.15) is 39.7 Å². The number of aryl methyl sites for hydroxylation is 1. The number of hydrogen-bond donors (Lipinski definition) is 0. The van der Waals surface area contributed by atoms with Crippen LogP contribution < -0.4 is 4.90 Å². The summed E-state index contributed by atoms with van der Waals surface area (Å²) in [7, 11) is 0. The standard InChI is InChI=1S/C16H26N2/c1-6-13-10-18(11-14(13)16(3,4)5)15-8-7-12(2)9-17-15/h7-9,13-14H,6,10-11H2,1-5H3. The third kappa shape index (κ3) is 2.68. The van der Waals surface area contributed by atoms with Crippen LogP contribution in [0, 0.1) is 24.2 Å². The Kier molecular flexibility index (Phi) is 3.65. The Bertz CT molecular complexity index is 389. The molecule has 18 heavy (non-hydrogen) atoms. The Morgan fingerprint density at radius 2 is 2.00 bits per heavy atom. The van der Waals surface area contributed by atoms with E-state index in [4.69, 9.17) is 0 Å². The summed E-state index contributed by atoms with van der Waals surface area (Å²) in [6, 6.07) is 4.32. The van der Waals surface area contributed by atoms with Crippen molar-refractivity contribution in [2.24, 2.45) is 17.3 Å². The van der Waals surface area contributed by atoms with Crippen molar-refractivity contribution in [3.05, 3.63) is 23.9 Å². The van der Waals surface area contributed by atoms with E-state index in [2.05, 4.69) is 56.6 Å². The fourth-order valence-electron chi connectivity index (χ4n) is 3.10. The molecule has 2 unspecified atom stereocenters. The summed E-state index contributed by atoms with van der Waals surface area (Å²) in [6.07, 6.45) is 3.24. The summed E-state index contributed by atoms with van der Waals surface area (Å²) in [4.78, 5) is 7.03. The van der Waals surface area contributed by atoms with Crippen LogP contribution >= 0.6 is 0 Å². The molecule has 2 nitrogen and oxygen atoms in total. The van der Waals surface area contributed by atoms with Crippen molar-refractivity contribution < 1.29 is 0 Å². The normalized spacial score (nSPS) is 24.6. The van der Waals surface area contributed by atoms with Crippen LogP contribution in [0.2, 0.25) is 0 Å². The summed E-state index contributed by atoms with van der Waals surface area (Å²) < 4.78 is 0. The van der Waals surface area contributed by atoms with Gasteiger partial charge in [0.15, 0.2) is 0 Å². The first-order valence-electron chi connectivity index (χ1n) is 7.09. The van der Waals surface area contributed by atoms with E-state index < -0.39 is 0 Å². The highest BCUT2D eigenvalue weighted by atomic mass is 15.2. The largest absolute Gasteiger partial charge is 0.356 e. The molecule has 2 atom stereocenters. The molecule has 0 spiro atoms. The number of nitrogens with zero attached hydrogens (tertiary/aromatic N) is 2. The van der Waals surface area contributed by atoms with E-state index in [9.17, 15) is 0 Å². The van der Waals surface area contributed by atoms with Crippen LogP contribution in [0.3, 0.4) is 0 Å². The second kappa shape index (κ2) is 4.91. The second-order valence-corrected chi connectivity index (χ2v) is 6.74. The maximum absolute atomic E-state index is 4.57. The number of hydrogen-bond acceptors (Lipinski definition) is 2. The average Bonchev–Trinajstić information content (AvgIpc) is 2.73. The molecule has 0 aliphatic carbocycles. The number of rotatable bonds is 2. The Labute approximate surface area is 111 Å². The molecule has 0 bridgehead atoms. The number of pyridine rings is 1. The van der Waals surface area contributed by atoms with Crippen molar-refractivity contribution in [1.29, 1.82) is 0 Å². The Balaban J connectivity index is 2.16. The van der Waals surface area contributed by atoms with Crippen LogP contribution in [0.15, 0.2) is 18.3 Å². The highest BCUT2D eigenvalue weighted by Crippen LogP contribution is 2.40. The average molecular weight is 246 g/mol. The molecule has 0 saturated carbocycles. The molecule has 1 aliphatic heterocycles. The van der Waals surface area contributed by atoms with Gasteiger partial charge in [0.1, 0.15) is 5.82 Å². The lowest BCUT2D eigenvalue weighted by molar-refractivity contribution is 0.200. The van der Waals surface area contributed by atoms with Crippen LogP contribution in [0.25, 0.3) is 0 Å². The van der Waals surface area contributed by atoms with Gasteiger partial charge in [-0.1, -0.05) is 40.2 Å². The van der Waals surface area contributed by atoms with E-state index in [0.717, 1.165) is 30.7 Å². The quantitative estimate of drug-likeness (QED) is 0.787. The molecule has 0 radical (unpaired) electrons. The number of aromatic nitrogens is 1. The molecule has 0 aromatic carbocycles. The SMILES string of the molecule is CCC1CN(c2ccc(C)cn2)CC1C(C)(C)C. The van der Waals surface area contributed by atoms with Gasteiger partial charge in [0.25, 0.3) is 0 Å². The minimum atomic E-state index is 0.389. The van der Waals surface area contributed by atoms with Crippen LogP contribution in [-0.4, -0.2) is 18.1 Å². The van der Waals surface area contributed by atoms with E-state index in [1.165, 1.54) is 12.0 Å². The highest BCUT2D eigenvalue weighted by Gasteiger charge is 2.39. The fourth-order valence-corrected chi connectivity index (χ4v) is 3.10. The van der Waals surface area contributed by atoms with Gasteiger partial charge in [0.05, 0.1) is 0 Å². The maximum atomic E-state index is 4.57. The zero-order valence-corrected chi connectivity index (χ0v) is 12.4. The third-order valence-corrected chi connectivity index (χ3v) is 4.30. The van der Waals surface area contributed by atoms with E-state index in [0.29, 0.717) is 5.41 Å². The van der Waals surface area contributed by atoms with Gasteiger partial charge in [-0.15, -0.1) is 0 Å². The van der Waals surface area contributed by atoms with E-state index in [1.807, 2.05) is 6.20 Å². The first kappa shape index (κ1) is 13.4. The zero-order valence-electron chi connectivity index (χ0n) is 12.4. The summed E-state index contributed by atoms with van der Waals surface area (Å²) in [6.45, 7) is 13.8. The molecular weight excluding hydrogens is 220 g/mol. The van der Waals surface area contributed by atoms with Crippen LogP contribution in [0.4, 0.5) is 5.82 Å². The van der Waals surface area contributed by atoms with E-state index >= 15 is 0 Å². The molecule has 1 aliphatic rings. The van der Waals surface area contributed by atoms with Gasteiger partial charge >= 0.3 is 0 Å². The van der Waals surface area contributed by atoms with E-state index in [-0.39, 0.29) is 0 Å². The van der Waals surface area contributed by atoms with Crippen LogP contribution in [0.5, 0.6) is 0 Å². The Morgan fingerprint density at radius 3 is 2.44 bits per heavy atom. The molecule has 1 fully saturated rings. The molecule has 0 N–H and O–H groups in total. The second-order valence-electron chi connectivity index (χ2n) is 6.74. The first-order valence-corrected chi connectivity index (χ1v) is 7.09. The molecule has 100 valence electrons. The molecule has 1 saturated heterocycles. The van der Waals surface area contributed by atoms with Gasteiger partial charge in [-0.05, 0) is 35.8 Å². The van der Waals surface area contributed by atoms with Gasteiger partial charge in [-0.2, -0.15) is 0 Å². The topological polar surface area (TPSA) is 16.1 Å². The predicted molar refractivity (Wildman–Crippen MR) is 77.9 cm³/mol. The first-order chi connectivity index (χ1) is 8.41. The van der Waals surface area contributed by atoms with Gasteiger partial charge in [0, 0.05) is 19.3 Å². The monoisotopic (exact) mass is 246 g/mol. The smallest absolute Gasteiger partial charge is 0.128 e. The van der Waals surface area contributed by atoms with Crippen molar-refractivity contribution in [2.45, 2.75) is 41.0 Å². The number of anilines is 1. The van der Waals surface area contributed by atoms with Gasteiger partial charge in [-0.3, -0.25) is 0 Å². The van der Waals surface area contributed by atoms with Gasteiger partial charge in [-0.25, -0.2) is 4.98 Å².